The number of aromatic nitrogens is 3. The van der Waals surface area contributed by atoms with E-state index in [1.165, 1.54) is 6.20 Å². The van der Waals surface area contributed by atoms with Gasteiger partial charge in [0, 0.05) is 17.5 Å². The van der Waals surface area contributed by atoms with Gasteiger partial charge in [-0.2, -0.15) is 5.10 Å². The number of aromatic amines is 1. The minimum absolute atomic E-state index is 0.211. The number of rotatable bonds is 4. The number of nitrogens with zero attached hydrogens (tertiary/aromatic N) is 2. The monoisotopic (exact) mass is 288 g/mol. The van der Waals surface area contributed by atoms with Gasteiger partial charge in [-0.3, -0.25) is 14.9 Å². The Hall–Kier alpha value is -2.70. The van der Waals surface area contributed by atoms with Gasteiger partial charge in [0.25, 0.3) is 5.91 Å². The molecule has 110 valence electrons. The zero-order valence-electron chi connectivity index (χ0n) is 12.0. The van der Waals surface area contributed by atoms with Gasteiger partial charge in [-0.1, -0.05) is 6.07 Å². The Balaban J connectivity index is 2.32. The molecule has 2 aromatic rings. The Kier molecular flexibility index (Phi) is 4.02. The van der Waals surface area contributed by atoms with Crippen LogP contribution in [-0.2, 0) is 4.79 Å². The molecule has 1 amide bonds. The van der Waals surface area contributed by atoms with Crippen LogP contribution in [0.2, 0.25) is 0 Å². The average molecular weight is 288 g/mol. The number of carbonyl (C=O) groups excluding carboxylic acids is 1. The maximum absolute atomic E-state index is 12.2. The Morgan fingerprint density at radius 2 is 2.05 bits per heavy atom. The van der Waals surface area contributed by atoms with Crippen molar-refractivity contribution in [3.8, 4) is 0 Å². The predicted octanol–water partition coefficient (Wildman–Crippen LogP) is 1.29. The third kappa shape index (κ3) is 2.91. The lowest BCUT2D eigenvalue weighted by molar-refractivity contribution is -0.139. The molecule has 0 aliphatic rings. The molecule has 0 saturated heterocycles. The average Bonchev–Trinajstić information content (AvgIpc) is 2.76. The maximum atomic E-state index is 12.2. The highest BCUT2D eigenvalue weighted by molar-refractivity contribution is 5.96. The number of hydrogen-bond acceptors (Lipinski definition) is 4. The molecule has 2 heterocycles. The molecule has 0 aliphatic carbocycles. The van der Waals surface area contributed by atoms with Gasteiger partial charge in [-0.05, 0) is 32.4 Å². The number of H-pyrrole nitrogens is 1. The van der Waals surface area contributed by atoms with E-state index in [1.807, 2.05) is 0 Å². The van der Waals surface area contributed by atoms with E-state index in [0.29, 0.717) is 22.5 Å². The topological polar surface area (TPSA) is 108 Å². The van der Waals surface area contributed by atoms with E-state index >= 15 is 0 Å². The SMILES string of the molecule is Cc1cccnc1C(=O)N[C@H](C(=O)O)c1c(C)n[nH]c1C. The summed E-state index contributed by atoms with van der Waals surface area (Å²) in [5, 5.41) is 18.6. The van der Waals surface area contributed by atoms with E-state index < -0.39 is 17.9 Å². The van der Waals surface area contributed by atoms with Crippen molar-refractivity contribution in [3.05, 3.63) is 46.5 Å². The number of hydrogen-bond donors (Lipinski definition) is 3. The van der Waals surface area contributed by atoms with Crippen molar-refractivity contribution >= 4 is 11.9 Å². The van der Waals surface area contributed by atoms with Gasteiger partial charge in [-0.25, -0.2) is 4.79 Å². The van der Waals surface area contributed by atoms with E-state index in [9.17, 15) is 14.7 Å². The van der Waals surface area contributed by atoms with Crippen LogP contribution >= 0.6 is 0 Å². The number of carboxylic acids is 1. The van der Waals surface area contributed by atoms with E-state index in [4.69, 9.17) is 0 Å². The van der Waals surface area contributed by atoms with Crippen LogP contribution in [-0.4, -0.2) is 32.2 Å². The summed E-state index contributed by atoms with van der Waals surface area (Å²) in [6.07, 6.45) is 1.49. The standard InChI is InChI=1S/C14H16N4O3/c1-7-5-4-6-15-11(7)13(19)16-12(14(20)21)10-8(2)17-18-9(10)3/h4-6,12H,1-3H3,(H,16,19)(H,17,18)(H,20,21)/t12-/m0/s1. The second kappa shape index (κ2) is 5.74. The lowest BCUT2D eigenvalue weighted by atomic mass is 10.0. The lowest BCUT2D eigenvalue weighted by Crippen LogP contribution is -2.35. The van der Waals surface area contributed by atoms with E-state index in [2.05, 4.69) is 20.5 Å². The number of nitrogens with one attached hydrogen (secondary N) is 2. The fourth-order valence-electron chi connectivity index (χ4n) is 2.17. The minimum Gasteiger partial charge on any atom is -0.479 e. The summed E-state index contributed by atoms with van der Waals surface area (Å²) in [4.78, 5) is 27.7. The first kappa shape index (κ1) is 14.7. The van der Waals surface area contributed by atoms with Crippen LogP contribution in [0.25, 0.3) is 0 Å². The molecule has 0 fully saturated rings. The molecule has 2 aromatic heterocycles. The summed E-state index contributed by atoms with van der Waals surface area (Å²) in [6.45, 7) is 5.14. The molecule has 0 unspecified atom stereocenters. The number of amides is 1. The van der Waals surface area contributed by atoms with Crippen molar-refractivity contribution in [3.63, 3.8) is 0 Å². The molecule has 2 rings (SSSR count). The van der Waals surface area contributed by atoms with E-state index in [-0.39, 0.29) is 5.69 Å². The molecule has 21 heavy (non-hydrogen) atoms. The fourth-order valence-corrected chi connectivity index (χ4v) is 2.17. The maximum Gasteiger partial charge on any atom is 0.331 e. The molecule has 0 radical (unpaired) electrons. The van der Waals surface area contributed by atoms with Crippen LogP contribution in [0.15, 0.2) is 18.3 Å². The van der Waals surface area contributed by atoms with Crippen molar-refractivity contribution in [1.29, 1.82) is 0 Å². The third-order valence-corrected chi connectivity index (χ3v) is 3.22. The molecule has 0 aliphatic heterocycles. The van der Waals surface area contributed by atoms with Crippen molar-refractivity contribution in [1.82, 2.24) is 20.5 Å². The van der Waals surface area contributed by atoms with Gasteiger partial charge in [0.05, 0.1) is 5.69 Å². The zero-order valence-corrected chi connectivity index (χ0v) is 12.0. The lowest BCUT2D eigenvalue weighted by Gasteiger charge is -2.15. The van der Waals surface area contributed by atoms with E-state index in [0.717, 1.165) is 0 Å². The molecule has 7 nitrogen and oxygen atoms in total. The first-order valence-electron chi connectivity index (χ1n) is 6.38. The van der Waals surface area contributed by atoms with Crippen LogP contribution in [0.4, 0.5) is 0 Å². The van der Waals surface area contributed by atoms with Gasteiger partial charge in [0.15, 0.2) is 6.04 Å². The highest BCUT2D eigenvalue weighted by Crippen LogP contribution is 2.20. The Morgan fingerprint density at radius 1 is 1.33 bits per heavy atom. The van der Waals surface area contributed by atoms with Crippen molar-refractivity contribution in [2.24, 2.45) is 0 Å². The molecular weight excluding hydrogens is 272 g/mol. The van der Waals surface area contributed by atoms with Gasteiger partial charge in [0.2, 0.25) is 0 Å². The highest BCUT2D eigenvalue weighted by atomic mass is 16.4. The van der Waals surface area contributed by atoms with Gasteiger partial charge < -0.3 is 10.4 Å². The van der Waals surface area contributed by atoms with Crippen LogP contribution < -0.4 is 5.32 Å². The molecule has 0 bridgehead atoms. The normalized spacial score (nSPS) is 12.0. The Labute approximate surface area is 121 Å². The third-order valence-electron chi connectivity index (χ3n) is 3.22. The summed E-state index contributed by atoms with van der Waals surface area (Å²) < 4.78 is 0. The fraction of sp³-hybridized carbons (Fsp3) is 0.286. The molecule has 0 saturated carbocycles. The quantitative estimate of drug-likeness (QED) is 0.785. The zero-order chi connectivity index (χ0) is 15.6. The molecule has 0 aromatic carbocycles. The first-order valence-corrected chi connectivity index (χ1v) is 6.38. The summed E-state index contributed by atoms with van der Waals surface area (Å²) in [6, 6.07) is 2.29. The van der Waals surface area contributed by atoms with Crippen LogP contribution in [0, 0.1) is 20.8 Å². The van der Waals surface area contributed by atoms with Crippen molar-refractivity contribution in [2.75, 3.05) is 0 Å². The van der Waals surface area contributed by atoms with Gasteiger partial charge >= 0.3 is 5.97 Å². The second-order valence-corrected chi connectivity index (χ2v) is 4.76. The summed E-state index contributed by atoms with van der Waals surface area (Å²) in [5.74, 6) is -1.68. The van der Waals surface area contributed by atoms with Crippen molar-refractivity contribution < 1.29 is 14.7 Å². The van der Waals surface area contributed by atoms with Gasteiger partial charge in [-0.15, -0.1) is 0 Å². The van der Waals surface area contributed by atoms with Crippen LogP contribution in [0.5, 0.6) is 0 Å². The number of aliphatic carboxylic acids is 1. The minimum atomic E-state index is -1.17. The molecule has 0 spiro atoms. The molecule has 3 N–H and O–H groups in total. The van der Waals surface area contributed by atoms with Gasteiger partial charge in [0.1, 0.15) is 5.69 Å². The number of pyridine rings is 1. The van der Waals surface area contributed by atoms with Crippen LogP contribution in [0.1, 0.15) is 39.0 Å². The van der Waals surface area contributed by atoms with Crippen molar-refractivity contribution in [2.45, 2.75) is 26.8 Å². The molecule has 1 atom stereocenters. The number of carboxylic acid groups (broad SMARTS) is 1. The molecule has 7 heteroatoms. The number of carbonyl (C=O) groups is 2. The Morgan fingerprint density at radius 3 is 2.57 bits per heavy atom. The number of aryl methyl sites for hydroxylation is 3. The van der Waals surface area contributed by atoms with E-state index in [1.54, 1.807) is 32.9 Å². The summed E-state index contributed by atoms with van der Waals surface area (Å²) >= 11 is 0. The second-order valence-electron chi connectivity index (χ2n) is 4.76. The summed E-state index contributed by atoms with van der Waals surface area (Å²) in [7, 11) is 0. The highest BCUT2D eigenvalue weighted by Gasteiger charge is 2.28. The smallest absolute Gasteiger partial charge is 0.331 e. The largest absolute Gasteiger partial charge is 0.479 e. The summed E-state index contributed by atoms with van der Waals surface area (Å²) in [5.41, 5.74) is 2.50. The van der Waals surface area contributed by atoms with Crippen LogP contribution in [0.3, 0.4) is 0 Å². The predicted molar refractivity (Wildman–Crippen MR) is 74.9 cm³/mol. The first-order chi connectivity index (χ1) is 9.91. The molecular formula is C14H16N4O3. The Bertz CT molecular complexity index is 674.